The molecule has 0 aromatic heterocycles. The topological polar surface area (TPSA) is 58.4 Å². The fourth-order valence-corrected chi connectivity index (χ4v) is 3.46. The molecule has 19 heavy (non-hydrogen) atoms. The number of nitrogens with two attached hydrogens (primary N) is 1. The molecule has 2 saturated heterocycles. The highest BCUT2D eigenvalue weighted by molar-refractivity contribution is 5.92. The minimum atomic E-state index is 0.0820. The SMILES string of the molecule is NC1CC2CCC(C1)N2CC(=O)Nc1ccccc1. The van der Waals surface area contributed by atoms with Crippen LogP contribution in [-0.4, -0.2) is 35.5 Å². The van der Waals surface area contributed by atoms with Gasteiger partial charge in [-0.3, -0.25) is 9.69 Å². The van der Waals surface area contributed by atoms with Gasteiger partial charge in [0.2, 0.25) is 5.91 Å². The van der Waals surface area contributed by atoms with E-state index in [-0.39, 0.29) is 5.91 Å². The van der Waals surface area contributed by atoms with Crippen molar-refractivity contribution in [1.82, 2.24) is 4.90 Å². The Morgan fingerprint density at radius 2 is 1.84 bits per heavy atom. The molecule has 0 radical (unpaired) electrons. The van der Waals surface area contributed by atoms with Gasteiger partial charge in [0.15, 0.2) is 0 Å². The number of anilines is 1. The van der Waals surface area contributed by atoms with Crippen molar-refractivity contribution in [3.05, 3.63) is 30.3 Å². The Morgan fingerprint density at radius 1 is 1.21 bits per heavy atom. The van der Waals surface area contributed by atoms with E-state index >= 15 is 0 Å². The van der Waals surface area contributed by atoms with Gasteiger partial charge < -0.3 is 11.1 Å². The van der Waals surface area contributed by atoms with Crippen LogP contribution in [0.2, 0.25) is 0 Å². The molecular weight excluding hydrogens is 238 g/mol. The summed E-state index contributed by atoms with van der Waals surface area (Å²) in [6.45, 7) is 0.497. The van der Waals surface area contributed by atoms with E-state index in [0.29, 0.717) is 24.7 Å². The Morgan fingerprint density at radius 3 is 2.47 bits per heavy atom. The summed E-state index contributed by atoms with van der Waals surface area (Å²) in [7, 11) is 0. The maximum absolute atomic E-state index is 12.1. The second-order valence-corrected chi connectivity index (χ2v) is 5.70. The van der Waals surface area contributed by atoms with E-state index in [1.165, 1.54) is 12.8 Å². The van der Waals surface area contributed by atoms with Gasteiger partial charge in [0.05, 0.1) is 6.54 Å². The second-order valence-electron chi connectivity index (χ2n) is 5.70. The minimum absolute atomic E-state index is 0.0820. The molecule has 4 nitrogen and oxygen atoms in total. The zero-order valence-electron chi connectivity index (χ0n) is 11.1. The lowest BCUT2D eigenvalue weighted by atomic mass is 9.98. The number of nitrogens with zero attached hydrogens (tertiary/aromatic N) is 1. The van der Waals surface area contributed by atoms with Crippen LogP contribution in [0, 0.1) is 0 Å². The first-order valence-electron chi connectivity index (χ1n) is 7.08. The molecule has 3 N–H and O–H groups in total. The highest BCUT2D eigenvalue weighted by atomic mass is 16.2. The average Bonchev–Trinajstić information content (AvgIpc) is 2.63. The van der Waals surface area contributed by atoms with Crippen molar-refractivity contribution in [2.45, 2.75) is 43.8 Å². The van der Waals surface area contributed by atoms with Crippen LogP contribution in [0.15, 0.2) is 30.3 Å². The molecule has 2 bridgehead atoms. The van der Waals surface area contributed by atoms with Crippen LogP contribution in [0.3, 0.4) is 0 Å². The number of piperidine rings is 1. The molecule has 2 heterocycles. The Labute approximate surface area is 114 Å². The first-order valence-corrected chi connectivity index (χ1v) is 7.08. The fourth-order valence-electron chi connectivity index (χ4n) is 3.46. The zero-order valence-corrected chi connectivity index (χ0v) is 11.1. The maximum atomic E-state index is 12.1. The van der Waals surface area contributed by atoms with E-state index in [0.717, 1.165) is 18.5 Å². The molecule has 0 saturated carbocycles. The lowest BCUT2D eigenvalue weighted by Gasteiger charge is -2.37. The highest BCUT2D eigenvalue weighted by Gasteiger charge is 2.40. The van der Waals surface area contributed by atoms with Gasteiger partial charge in [0.1, 0.15) is 0 Å². The molecule has 2 aliphatic heterocycles. The summed E-state index contributed by atoms with van der Waals surface area (Å²) in [5.41, 5.74) is 6.91. The molecule has 1 aromatic carbocycles. The van der Waals surface area contributed by atoms with E-state index < -0.39 is 0 Å². The van der Waals surface area contributed by atoms with Crippen molar-refractivity contribution in [2.24, 2.45) is 5.73 Å². The molecule has 1 amide bonds. The molecular formula is C15H21N3O. The van der Waals surface area contributed by atoms with E-state index in [9.17, 15) is 4.79 Å². The minimum Gasteiger partial charge on any atom is -0.328 e. The number of benzene rings is 1. The van der Waals surface area contributed by atoms with Crippen LogP contribution in [0.4, 0.5) is 5.69 Å². The number of hydrogen-bond acceptors (Lipinski definition) is 3. The monoisotopic (exact) mass is 259 g/mol. The Kier molecular flexibility index (Phi) is 3.53. The van der Waals surface area contributed by atoms with Gasteiger partial charge >= 0.3 is 0 Å². The predicted molar refractivity (Wildman–Crippen MR) is 75.8 cm³/mol. The van der Waals surface area contributed by atoms with Crippen molar-refractivity contribution in [2.75, 3.05) is 11.9 Å². The number of fused-ring (bicyclic) bond motifs is 2. The molecule has 2 unspecified atom stereocenters. The van der Waals surface area contributed by atoms with Crippen molar-refractivity contribution in [3.63, 3.8) is 0 Å². The number of nitrogens with one attached hydrogen (secondary N) is 1. The third kappa shape index (κ3) is 2.80. The molecule has 2 atom stereocenters. The van der Waals surface area contributed by atoms with E-state index in [1.807, 2.05) is 30.3 Å². The van der Waals surface area contributed by atoms with E-state index in [4.69, 9.17) is 5.73 Å². The molecule has 0 spiro atoms. The molecule has 1 aromatic rings. The third-order valence-electron chi connectivity index (χ3n) is 4.30. The van der Waals surface area contributed by atoms with Crippen LogP contribution in [-0.2, 0) is 4.79 Å². The van der Waals surface area contributed by atoms with Gasteiger partial charge in [-0.05, 0) is 37.8 Å². The number of para-hydroxylation sites is 1. The smallest absolute Gasteiger partial charge is 0.238 e. The maximum Gasteiger partial charge on any atom is 0.238 e. The predicted octanol–water partition coefficient (Wildman–Crippen LogP) is 1.58. The van der Waals surface area contributed by atoms with Crippen LogP contribution < -0.4 is 11.1 Å². The molecule has 2 aliphatic rings. The second kappa shape index (κ2) is 5.31. The van der Waals surface area contributed by atoms with Crippen LogP contribution in [0.5, 0.6) is 0 Å². The lowest BCUT2D eigenvalue weighted by molar-refractivity contribution is -0.118. The van der Waals surface area contributed by atoms with Crippen LogP contribution >= 0.6 is 0 Å². The van der Waals surface area contributed by atoms with E-state index in [2.05, 4.69) is 10.2 Å². The Bertz CT molecular complexity index is 434. The van der Waals surface area contributed by atoms with Gasteiger partial charge in [-0.15, -0.1) is 0 Å². The first-order chi connectivity index (χ1) is 9.22. The first kappa shape index (κ1) is 12.6. The average molecular weight is 259 g/mol. The van der Waals surface area contributed by atoms with Crippen molar-refractivity contribution in [3.8, 4) is 0 Å². The summed E-state index contributed by atoms with van der Waals surface area (Å²) in [6, 6.07) is 11.0. The van der Waals surface area contributed by atoms with Gasteiger partial charge in [-0.25, -0.2) is 0 Å². The Hall–Kier alpha value is -1.39. The summed E-state index contributed by atoms with van der Waals surface area (Å²) >= 11 is 0. The van der Waals surface area contributed by atoms with Gasteiger partial charge in [0.25, 0.3) is 0 Å². The summed E-state index contributed by atoms with van der Waals surface area (Å²) in [6.07, 6.45) is 4.46. The van der Waals surface area contributed by atoms with Crippen molar-refractivity contribution < 1.29 is 4.79 Å². The molecule has 102 valence electrons. The standard InChI is InChI=1S/C15H21N3O/c16-11-8-13-6-7-14(9-11)18(13)10-15(19)17-12-4-2-1-3-5-12/h1-5,11,13-14H,6-10,16H2,(H,17,19). The van der Waals surface area contributed by atoms with Gasteiger partial charge in [-0.1, -0.05) is 18.2 Å². The molecule has 4 heteroatoms. The number of hydrogen-bond donors (Lipinski definition) is 2. The normalized spacial score (nSPS) is 30.3. The summed E-state index contributed by atoms with van der Waals surface area (Å²) in [5, 5.41) is 2.96. The largest absolute Gasteiger partial charge is 0.328 e. The van der Waals surface area contributed by atoms with Crippen molar-refractivity contribution in [1.29, 1.82) is 0 Å². The highest BCUT2D eigenvalue weighted by Crippen LogP contribution is 2.34. The van der Waals surface area contributed by atoms with Crippen LogP contribution in [0.25, 0.3) is 0 Å². The number of rotatable bonds is 3. The quantitative estimate of drug-likeness (QED) is 0.866. The third-order valence-corrected chi connectivity index (χ3v) is 4.30. The fraction of sp³-hybridized carbons (Fsp3) is 0.533. The van der Waals surface area contributed by atoms with E-state index in [1.54, 1.807) is 0 Å². The zero-order chi connectivity index (χ0) is 13.2. The lowest BCUT2D eigenvalue weighted by Crippen LogP contribution is -2.49. The Balaban J connectivity index is 1.58. The summed E-state index contributed by atoms with van der Waals surface area (Å²) in [4.78, 5) is 14.4. The number of carbonyl (C=O) groups is 1. The van der Waals surface area contributed by atoms with Gasteiger partial charge in [-0.2, -0.15) is 0 Å². The van der Waals surface area contributed by atoms with Crippen molar-refractivity contribution >= 4 is 11.6 Å². The number of amides is 1. The number of carbonyl (C=O) groups excluding carboxylic acids is 1. The van der Waals surface area contributed by atoms with Gasteiger partial charge in [0, 0.05) is 23.8 Å². The van der Waals surface area contributed by atoms with Crippen LogP contribution in [0.1, 0.15) is 25.7 Å². The molecule has 0 aliphatic carbocycles. The summed E-state index contributed by atoms with van der Waals surface area (Å²) < 4.78 is 0. The summed E-state index contributed by atoms with van der Waals surface area (Å²) in [5.74, 6) is 0.0820. The molecule has 3 rings (SSSR count). The molecule has 2 fully saturated rings.